The summed E-state index contributed by atoms with van der Waals surface area (Å²) in [6, 6.07) is 2.68. The second-order valence-electron chi connectivity index (χ2n) is 4.09. The van der Waals surface area contributed by atoms with Crippen molar-refractivity contribution in [1.82, 2.24) is 20.1 Å². The van der Waals surface area contributed by atoms with Gasteiger partial charge < -0.3 is 5.32 Å². The Hall–Kier alpha value is -1.20. The van der Waals surface area contributed by atoms with Crippen molar-refractivity contribution in [2.24, 2.45) is 0 Å². The van der Waals surface area contributed by atoms with Crippen LogP contribution in [-0.2, 0) is 13.1 Å². The molecule has 0 aliphatic heterocycles. The van der Waals surface area contributed by atoms with Crippen LogP contribution in [0.15, 0.2) is 23.8 Å². The van der Waals surface area contributed by atoms with Crippen molar-refractivity contribution in [1.29, 1.82) is 0 Å². The van der Waals surface area contributed by atoms with E-state index in [0.717, 1.165) is 24.8 Å². The molecule has 1 N–H and O–H groups in total. The number of hydrogen-bond donors (Lipinski definition) is 1. The third-order valence-electron chi connectivity index (χ3n) is 2.60. The van der Waals surface area contributed by atoms with Crippen LogP contribution < -0.4 is 5.32 Å². The van der Waals surface area contributed by atoms with Crippen LogP contribution >= 0.6 is 11.3 Å². The van der Waals surface area contributed by atoms with E-state index < -0.39 is 0 Å². The maximum absolute atomic E-state index is 4.58. The summed E-state index contributed by atoms with van der Waals surface area (Å²) < 4.78 is 1.90. The maximum atomic E-state index is 4.58. The fraction of sp³-hybridized carbons (Fsp3) is 0.455. The highest BCUT2D eigenvalue weighted by Gasteiger charge is 2.20. The van der Waals surface area contributed by atoms with E-state index in [2.05, 4.69) is 20.8 Å². The Morgan fingerprint density at radius 3 is 3.19 bits per heavy atom. The van der Waals surface area contributed by atoms with Gasteiger partial charge in [0.1, 0.15) is 5.01 Å². The zero-order valence-corrected chi connectivity index (χ0v) is 9.78. The summed E-state index contributed by atoms with van der Waals surface area (Å²) in [7, 11) is 0. The summed E-state index contributed by atoms with van der Waals surface area (Å²) >= 11 is 1.73. The van der Waals surface area contributed by atoms with Crippen molar-refractivity contribution >= 4 is 11.3 Å². The zero-order valence-electron chi connectivity index (χ0n) is 8.97. The monoisotopic (exact) mass is 234 g/mol. The van der Waals surface area contributed by atoms with E-state index in [0.29, 0.717) is 0 Å². The fourth-order valence-corrected chi connectivity index (χ4v) is 2.32. The van der Waals surface area contributed by atoms with Crippen LogP contribution in [0.2, 0.25) is 0 Å². The van der Waals surface area contributed by atoms with Gasteiger partial charge in [-0.05, 0) is 18.9 Å². The molecule has 1 saturated carbocycles. The Balaban J connectivity index is 1.58. The number of hydrogen-bond acceptors (Lipinski definition) is 4. The lowest BCUT2D eigenvalue weighted by Crippen LogP contribution is -2.15. The molecule has 1 fully saturated rings. The second kappa shape index (κ2) is 4.35. The summed E-state index contributed by atoms with van der Waals surface area (Å²) in [6.45, 7) is 1.68. The lowest BCUT2D eigenvalue weighted by atomic mass is 10.5. The van der Waals surface area contributed by atoms with E-state index in [1.54, 1.807) is 17.5 Å². The van der Waals surface area contributed by atoms with Crippen LogP contribution in [0.1, 0.15) is 23.5 Å². The lowest BCUT2D eigenvalue weighted by Gasteiger charge is -1.98. The molecule has 16 heavy (non-hydrogen) atoms. The van der Waals surface area contributed by atoms with E-state index in [1.165, 1.54) is 17.8 Å². The lowest BCUT2D eigenvalue weighted by molar-refractivity contribution is 0.660. The van der Waals surface area contributed by atoms with Crippen molar-refractivity contribution in [3.05, 3.63) is 34.5 Å². The van der Waals surface area contributed by atoms with Crippen LogP contribution in [-0.4, -0.2) is 20.8 Å². The third-order valence-corrected chi connectivity index (χ3v) is 3.50. The molecule has 84 valence electrons. The first-order chi connectivity index (χ1) is 7.90. The average Bonchev–Trinajstić information content (AvgIpc) is 2.78. The zero-order chi connectivity index (χ0) is 10.8. The topological polar surface area (TPSA) is 42.7 Å². The summed E-state index contributed by atoms with van der Waals surface area (Å²) in [4.78, 5) is 4.58. The predicted octanol–water partition coefficient (Wildman–Crippen LogP) is 1.64. The van der Waals surface area contributed by atoms with Gasteiger partial charge >= 0.3 is 0 Å². The SMILES string of the molecule is c1cnn(Cc2csc(CNC3CC3)n2)c1. The minimum absolute atomic E-state index is 0.749. The first-order valence-corrected chi connectivity index (χ1v) is 6.42. The van der Waals surface area contributed by atoms with Gasteiger partial charge in [0, 0.05) is 30.4 Å². The molecule has 1 aliphatic carbocycles. The molecule has 0 amide bonds. The van der Waals surface area contributed by atoms with E-state index in [-0.39, 0.29) is 0 Å². The van der Waals surface area contributed by atoms with Gasteiger partial charge in [0.2, 0.25) is 0 Å². The van der Waals surface area contributed by atoms with Gasteiger partial charge in [-0.15, -0.1) is 11.3 Å². The van der Waals surface area contributed by atoms with Crippen LogP contribution in [0.5, 0.6) is 0 Å². The molecular formula is C11H14N4S. The van der Waals surface area contributed by atoms with Gasteiger partial charge in [0.25, 0.3) is 0 Å². The summed E-state index contributed by atoms with van der Waals surface area (Å²) in [5, 5.41) is 10.9. The van der Waals surface area contributed by atoms with Gasteiger partial charge in [-0.3, -0.25) is 4.68 Å². The molecule has 2 aromatic rings. The Morgan fingerprint density at radius 2 is 2.44 bits per heavy atom. The Labute approximate surface area is 98.3 Å². The molecule has 2 heterocycles. The van der Waals surface area contributed by atoms with Crippen LogP contribution in [0.4, 0.5) is 0 Å². The van der Waals surface area contributed by atoms with Crippen LogP contribution in [0.25, 0.3) is 0 Å². The number of rotatable bonds is 5. The molecule has 2 aromatic heterocycles. The van der Waals surface area contributed by atoms with Crippen molar-refractivity contribution in [3.8, 4) is 0 Å². The molecule has 0 aromatic carbocycles. The minimum atomic E-state index is 0.749. The highest BCUT2D eigenvalue weighted by molar-refractivity contribution is 7.09. The maximum Gasteiger partial charge on any atom is 0.107 e. The molecule has 3 rings (SSSR count). The first kappa shape index (κ1) is 9.99. The number of nitrogens with zero attached hydrogens (tertiary/aromatic N) is 3. The molecule has 4 nitrogen and oxygen atoms in total. The third kappa shape index (κ3) is 2.48. The smallest absolute Gasteiger partial charge is 0.107 e. The molecule has 5 heteroatoms. The normalized spacial score (nSPS) is 15.5. The summed E-state index contributed by atoms with van der Waals surface area (Å²) in [5.74, 6) is 0. The number of aromatic nitrogens is 3. The molecule has 0 unspecified atom stereocenters. The van der Waals surface area contributed by atoms with Gasteiger partial charge in [-0.2, -0.15) is 5.10 Å². The first-order valence-electron chi connectivity index (χ1n) is 5.54. The van der Waals surface area contributed by atoms with Gasteiger partial charge in [-0.25, -0.2) is 4.98 Å². The highest BCUT2D eigenvalue weighted by Crippen LogP contribution is 2.20. The minimum Gasteiger partial charge on any atom is -0.308 e. The Morgan fingerprint density at radius 1 is 1.50 bits per heavy atom. The molecule has 0 saturated heterocycles. The van der Waals surface area contributed by atoms with E-state index >= 15 is 0 Å². The molecule has 0 radical (unpaired) electrons. The average molecular weight is 234 g/mol. The second-order valence-corrected chi connectivity index (χ2v) is 5.03. The van der Waals surface area contributed by atoms with Gasteiger partial charge in [0.05, 0.1) is 12.2 Å². The standard InChI is InChI=1S/C11H14N4S/c1-4-13-15(5-1)7-10-8-16-11(14-10)6-12-9-2-3-9/h1,4-5,8-9,12H,2-3,6-7H2. The molecule has 0 bridgehead atoms. The van der Waals surface area contributed by atoms with E-state index in [9.17, 15) is 0 Å². The van der Waals surface area contributed by atoms with Crippen molar-refractivity contribution in [2.45, 2.75) is 32.0 Å². The number of nitrogens with one attached hydrogen (secondary N) is 1. The van der Waals surface area contributed by atoms with Gasteiger partial charge in [-0.1, -0.05) is 0 Å². The predicted molar refractivity (Wildman–Crippen MR) is 63.3 cm³/mol. The van der Waals surface area contributed by atoms with Crippen molar-refractivity contribution < 1.29 is 0 Å². The van der Waals surface area contributed by atoms with Gasteiger partial charge in [0.15, 0.2) is 0 Å². The molecule has 1 aliphatic rings. The molecular weight excluding hydrogens is 220 g/mol. The molecule has 0 atom stereocenters. The summed E-state index contributed by atoms with van der Waals surface area (Å²) in [5.41, 5.74) is 1.10. The quantitative estimate of drug-likeness (QED) is 0.855. The Bertz CT molecular complexity index is 444. The van der Waals surface area contributed by atoms with E-state index in [4.69, 9.17) is 0 Å². The largest absolute Gasteiger partial charge is 0.308 e. The molecule has 0 spiro atoms. The van der Waals surface area contributed by atoms with E-state index in [1.807, 2.05) is 16.9 Å². The number of thiazole rings is 1. The van der Waals surface area contributed by atoms with Crippen LogP contribution in [0, 0.1) is 0 Å². The fourth-order valence-electron chi connectivity index (χ4n) is 1.58. The van der Waals surface area contributed by atoms with Crippen LogP contribution in [0.3, 0.4) is 0 Å². The highest BCUT2D eigenvalue weighted by atomic mass is 32.1. The van der Waals surface area contributed by atoms with Crippen molar-refractivity contribution in [3.63, 3.8) is 0 Å². The summed E-state index contributed by atoms with van der Waals surface area (Å²) in [6.07, 6.45) is 6.40. The Kier molecular flexibility index (Phi) is 2.71. The van der Waals surface area contributed by atoms with Crippen molar-refractivity contribution in [2.75, 3.05) is 0 Å².